The van der Waals surface area contributed by atoms with Crippen molar-refractivity contribution in [1.82, 2.24) is 5.32 Å². The molecule has 2 aliphatic carbocycles. The van der Waals surface area contributed by atoms with Gasteiger partial charge in [-0.1, -0.05) is 38.1 Å². The first-order chi connectivity index (χ1) is 8.64. The van der Waals surface area contributed by atoms with Crippen LogP contribution < -0.4 is 5.32 Å². The first-order valence-corrected chi connectivity index (χ1v) is 7.48. The SMILES string of the molecule is CC1(C)CCC(NC2CCCc3ccccc32)C1. The Morgan fingerprint density at radius 2 is 2.00 bits per heavy atom. The first kappa shape index (κ1) is 12.2. The number of rotatable bonds is 2. The van der Waals surface area contributed by atoms with E-state index in [1.165, 1.54) is 38.5 Å². The second-order valence-corrected chi connectivity index (χ2v) is 6.91. The molecule has 1 saturated carbocycles. The van der Waals surface area contributed by atoms with Gasteiger partial charge in [0, 0.05) is 12.1 Å². The van der Waals surface area contributed by atoms with Gasteiger partial charge in [0.1, 0.15) is 0 Å². The van der Waals surface area contributed by atoms with Gasteiger partial charge < -0.3 is 5.32 Å². The summed E-state index contributed by atoms with van der Waals surface area (Å²) in [5, 5.41) is 3.93. The average Bonchev–Trinajstić information content (AvgIpc) is 2.69. The molecule has 98 valence electrons. The third-order valence-corrected chi connectivity index (χ3v) is 4.77. The van der Waals surface area contributed by atoms with Gasteiger partial charge in [-0.05, 0) is 55.1 Å². The highest BCUT2D eigenvalue weighted by Crippen LogP contribution is 2.39. The van der Waals surface area contributed by atoms with Crippen molar-refractivity contribution in [2.24, 2.45) is 5.41 Å². The average molecular weight is 243 g/mol. The van der Waals surface area contributed by atoms with E-state index in [1.807, 2.05) is 0 Å². The Morgan fingerprint density at radius 1 is 1.17 bits per heavy atom. The fourth-order valence-electron chi connectivity index (χ4n) is 3.79. The molecule has 1 heteroatoms. The zero-order valence-corrected chi connectivity index (χ0v) is 11.7. The molecule has 0 aromatic heterocycles. The molecule has 1 aromatic rings. The van der Waals surface area contributed by atoms with E-state index in [0.29, 0.717) is 11.5 Å². The minimum absolute atomic E-state index is 0.547. The van der Waals surface area contributed by atoms with Gasteiger partial charge in [0.25, 0.3) is 0 Å². The molecule has 2 unspecified atom stereocenters. The second kappa shape index (κ2) is 4.70. The standard InChI is InChI=1S/C17H25N/c1-17(2)11-10-14(12-17)18-16-9-5-7-13-6-3-4-8-15(13)16/h3-4,6,8,14,16,18H,5,7,9-12H2,1-2H3. The van der Waals surface area contributed by atoms with Crippen molar-refractivity contribution in [2.75, 3.05) is 0 Å². The van der Waals surface area contributed by atoms with Gasteiger partial charge in [-0.2, -0.15) is 0 Å². The highest BCUT2D eigenvalue weighted by atomic mass is 15.0. The molecule has 3 rings (SSSR count). The van der Waals surface area contributed by atoms with E-state index in [1.54, 1.807) is 11.1 Å². The topological polar surface area (TPSA) is 12.0 Å². The molecule has 18 heavy (non-hydrogen) atoms. The van der Waals surface area contributed by atoms with Crippen molar-refractivity contribution in [3.05, 3.63) is 35.4 Å². The number of hydrogen-bond donors (Lipinski definition) is 1. The Morgan fingerprint density at radius 3 is 2.78 bits per heavy atom. The number of benzene rings is 1. The van der Waals surface area contributed by atoms with Gasteiger partial charge in [0.2, 0.25) is 0 Å². The van der Waals surface area contributed by atoms with Crippen LogP contribution in [0.3, 0.4) is 0 Å². The van der Waals surface area contributed by atoms with Crippen LogP contribution in [0, 0.1) is 5.41 Å². The fourth-order valence-corrected chi connectivity index (χ4v) is 3.79. The molecule has 1 aromatic carbocycles. The highest BCUT2D eigenvalue weighted by Gasteiger charge is 2.32. The fraction of sp³-hybridized carbons (Fsp3) is 0.647. The molecule has 1 nitrogen and oxygen atoms in total. The molecule has 0 amide bonds. The molecule has 0 saturated heterocycles. The zero-order valence-electron chi connectivity index (χ0n) is 11.7. The normalized spacial score (nSPS) is 30.1. The first-order valence-electron chi connectivity index (χ1n) is 7.48. The summed E-state index contributed by atoms with van der Waals surface area (Å²) in [4.78, 5) is 0. The Bertz CT molecular complexity index is 421. The summed E-state index contributed by atoms with van der Waals surface area (Å²) in [6.07, 6.45) is 7.99. The van der Waals surface area contributed by atoms with E-state index in [2.05, 4.69) is 43.4 Å². The van der Waals surface area contributed by atoms with Crippen LogP contribution in [0.25, 0.3) is 0 Å². The van der Waals surface area contributed by atoms with Gasteiger partial charge in [-0.25, -0.2) is 0 Å². The second-order valence-electron chi connectivity index (χ2n) is 6.91. The summed E-state index contributed by atoms with van der Waals surface area (Å²) in [7, 11) is 0. The lowest BCUT2D eigenvalue weighted by molar-refractivity contribution is 0.342. The van der Waals surface area contributed by atoms with Crippen LogP contribution >= 0.6 is 0 Å². The van der Waals surface area contributed by atoms with Gasteiger partial charge in [0.15, 0.2) is 0 Å². The predicted octanol–water partition coefficient (Wildman–Crippen LogP) is 4.23. The van der Waals surface area contributed by atoms with Gasteiger partial charge in [-0.3, -0.25) is 0 Å². The summed E-state index contributed by atoms with van der Waals surface area (Å²) >= 11 is 0. The van der Waals surface area contributed by atoms with Crippen molar-refractivity contribution in [3.63, 3.8) is 0 Å². The van der Waals surface area contributed by atoms with Crippen molar-refractivity contribution in [2.45, 2.75) is 64.5 Å². The molecular formula is C17H25N. The van der Waals surface area contributed by atoms with E-state index in [4.69, 9.17) is 0 Å². The van der Waals surface area contributed by atoms with Gasteiger partial charge in [-0.15, -0.1) is 0 Å². The van der Waals surface area contributed by atoms with Crippen molar-refractivity contribution >= 4 is 0 Å². The van der Waals surface area contributed by atoms with Crippen LogP contribution in [-0.4, -0.2) is 6.04 Å². The molecular weight excluding hydrogens is 218 g/mol. The van der Waals surface area contributed by atoms with Crippen molar-refractivity contribution in [3.8, 4) is 0 Å². The quantitative estimate of drug-likeness (QED) is 0.819. The number of hydrogen-bond acceptors (Lipinski definition) is 1. The minimum Gasteiger partial charge on any atom is -0.307 e. The Hall–Kier alpha value is -0.820. The molecule has 2 atom stereocenters. The molecule has 1 N–H and O–H groups in total. The van der Waals surface area contributed by atoms with Gasteiger partial charge in [0.05, 0.1) is 0 Å². The lowest BCUT2D eigenvalue weighted by Crippen LogP contribution is -2.33. The van der Waals surface area contributed by atoms with Crippen LogP contribution in [0.4, 0.5) is 0 Å². The Balaban J connectivity index is 1.71. The molecule has 0 spiro atoms. The van der Waals surface area contributed by atoms with Gasteiger partial charge >= 0.3 is 0 Å². The molecule has 0 radical (unpaired) electrons. The van der Waals surface area contributed by atoms with E-state index < -0.39 is 0 Å². The number of nitrogens with one attached hydrogen (secondary N) is 1. The van der Waals surface area contributed by atoms with E-state index in [0.717, 1.165) is 6.04 Å². The Labute approximate surface area is 111 Å². The molecule has 1 fully saturated rings. The predicted molar refractivity (Wildman–Crippen MR) is 76.7 cm³/mol. The maximum Gasteiger partial charge on any atom is 0.0325 e. The van der Waals surface area contributed by atoms with Crippen LogP contribution in [-0.2, 0) is 6.42 Å². The van der Waals surface area contributed by atoms with E-state index >= 15 is 0 Å². The van der Waals surface area contributed by atoms with Crippen LogP contribution in [0.15, 0.2) is 24.3 Å². The summed E-state index contributed by atoms with van der Waals surface area (Å²) < 4.78 is 0. The zero-order chi connectivity index (χ0) is 12.6. The molecule has 0 heterocycles. The lowest BCUT2D eigenvalue weighted by Gasteiger charge is -2.29. The smallest absolute Gasteiger partial charge is 0.0325 e. The number of aryl methyl sites for hydroxylation is 1. The summed E-state index contributed by atoms with van der Waals surface area (Å²) in [5.41, 5.74) is 3.68. The maximum absolute atomic E-state index is 3.93. The minimum atomic E-state index is 0.547. The molecule has 0 aliphatic heterocycles. The summed E-state index contributed by atoms with van der Waals surface area (Å²) in [5.74, 6) is 0. The highest BCUT2D eigenvalue weighted by molar-refractivity contribution is 5.32. The summed E-state index contributed by atoms with van der Waals surface area (Å²) in [6, 6.07) is 10.3. The number of fused-ring (bicyclic) bond motifs is 1. The largest absolute Gasteiger partial charge is 0.307 e. The van der Waals surface area contributed by atoms with E-state index in [9.17, 15) is 0 Å². The van der Waals surface area contributed by atoms with Crippen molar-refractivity contribution in [1.29, 1.82) is 0 Å². The van der Waals surface area contributed by atoms with Crippen molar-refractivity contribution < 1.29 is 0 Å². The summed E-state index contributed by atoms with van der Waals surface area (Å²) in [6.45, 7) is 4.81. The van der Waals surface area contributed by atoms with Crippen LogP contribution in [0.5, 0.6) is 0 Å². The Kier molecular flexibility index (Phi) is 3.19. The third kappa shape index (κ3) is 2.47. The third-order valence-electron chi connectivity index (χ3n) is 4.77. The lowest BCUT2D eigenvalue weighted by atomic mass is 9.87. The van der Waals surface area contributed by atoms with Crippen LogP contribution in [0.2, 0.25) is 0 Å². The maximum atomic E-state index is 3.93. The monoisotopic (exact) mass is 243 g/mol. The van der Waals surface area contributed by atoms with Crippen LogP contribution in [0.1, 0.15) is 63.1 Å². The van der Waals surface area contributed by atoms with E-state index in [-0.39, 0.29) is 0 Å². The molecule has 0 bridgehead atoms. The molecule has 2 aliphatic rings.